The molecule has 1 N–H and O–H groups in total. The highest BCUT2D eigenvalue weighted by Gasteiger charge is 2.39. The molecule has 0 spiro atoms. The van der Waals surface area contributed by atoms with Gasteiger partial charge < -0.3 is 5.11 Å². The number of pyridine rings is 1. The Morgan fingerprint density at radius 3 is 2.19 bits per heavy atom. The van der Waals surface area contributed by atoms with Gasteiger partial charge in [-0.25, -0.2) is 4.79 Å². The van der Waals surface area contributed by atoms with Gasteiger partial charge in [0.15, 0.2) is 0 Å². The van der Waals surface area contributed by atoms with Crippen LogP contribution in [0.4, 0.5) is 13.2 Å². The van der Waals surface area contributed by atoms with Crippen molar-refractivity contribution in [2.75, 3.05) is 0 Å². The topological polar surface area (TPSA) is 50.2 Å². The maximum absolute atomic E-state index is 13.2. The maximum atomic E-state index is 13.2. The molecule has 0 radical (unpaired) electrons. The Hall–Kier alpha value is -1.79. The van der Waals surface area contributed by atoms with Crippen molar-refractivity contribution < 1.29 is 23.1 Å². The first-order valence-corrected chi connectivity index (χ1v) is 6.23. The lowest BCUT2D eigenvalue weighted by Crippen LogP contribution is -2.15. The highest BCUT2D eigenvalue weighted by atomic mass is 35.5. The smallest absolute Gasteiger partial charge is 0.419 e. The summed E-state index contributed by atoms with van der Waals surface area (Å²) in [5.74, 6) is -1.71. The molecule has 0 aliphatic heterocycles. The first kappa shape index (κ1) is 15.6. The molecular formula is C13H6Cl2F3NO2. The fourth-order valence-electron chi connectivity index (χ4n) is 1.84. The third-order valence-corrected chi connectivity index (χ3v) is 3.29. The molecule has 1 heterocycles. The number of aromatic carboxylic acids is 1. The number of benzene rings is 1. The van der Waals surface area contributed by atoms with Gasteiger partial charge in [-0.1, -0.05) is 29.3 Å². The highest BCUT2D eigenvalue weighted by molar-refractivity contribution is 6.39. The van der Waals surface area contributed by atoms with E-state index in [2.05, 4.69) is 4.98 Å². The molecule has 0 aliphatic carbocycles. The van der Waals surface area contributed by atoms with E-state index in [1.54, 1.807) is 0 Å². The average Bonchev–Trinajstić information content (AvgIpc) is 2.36. The highest BCUT2D eigenvalue weighted by Crippen LogP contribution is 2.42. The van der Waals surface area contributed by atoms with Gasteiger partial charge in [0, 0.05) is 11.8 Å². The minimum absolute atomic E-state index is 0.0527. The second-order valence-corrected chi connectivity index (χ2v) is 4.80. The van der Waals surface area contributed by atoms with Gasteiger partial charge in [0.1, 0.15) is 0 Å². The van der Waals surface area contributed by atoms with E-state index in [1.165, 1.54) is 18.2 Å². The minimum Gasteiger partial charge on any atom is -0.478 e. The third kappa shape index (κ3) is 2.96. The van der Waals surface area contributed by atoms with Crippen molar-refractivity contribution >= 4 is 29.2 Å². The molecule has 1 aromatic heterocycles. The van der Waals surface area contributed by atoms with E-state index in [1.807, 2.05) is 0 Å². The summed E-state index contributed by atoms with van der Waals surface area (Å²) in [4.78, 5) is 14.7. The van der Waals surface area contributed by atoms with Crippen LogP contribution in [0.5, 0.6) is 0 Å². The van der Waals surface area contributed by atoms with Gasteiger partial charge in [-0.3, -0.25) is 4.98 Å². The van der Waals surface area contributed by atoms with Crippen LogP contribution in [0.3, 0.4) is 0 Å². The summed E-state index contributed by atoms with van der Waals surface area (Å²) < 4.78 is 39.7. The molecule has 110 valence electrons. The molecule has 1 aromatic carbocycles. The molecule has 8 heteroatoms. The van der Waals surface area contributed by atoms with Crippen LogP contribution in [-0.4, -0.2) is 16.1 Å². The molecule has 0 saturated heterocycles. The van der Waals surface area contributed by atoms with Gasteiger partial charge in [0.05, 0.1) is 26.9 Å². The Bertz CT molecular complexity index is 697. The van der Waals surface area contributed by atoms with Crippen LogP contribution in [-0.2, 0) is 6.18 Å². The zero-order chi connectivity index (χ0) is 15.8. The first-order chi connectivity index (χ1) is 9.73. The van der Waals surface area contributed by atoms with Gasteiger partial charge in [-0.15, -0.1) is 0 Å². The number of rotatable bonds is 2. The molecule has 0 aliphatic rings. The van der Waals surface area contributed by atoms with Crippen molar-refractivity contribution in [2.45, 2.75) is 6.18 Å². The average molecular weight is 336 g/mol. The quantitative estimate of drug-likeness (QED) is 0.859. The van der Waals surface area contributed by atoms with Crippen LogP contribution in [0.1, 0.15) is 15.9 Å². The Balaban J connectivity index is 2.88. The molecule has 2 aromatic rings. The number of nitrogens with zero attached hydrogens (tertiary/aromatic N) is 1. The molecule has 0 atom stereocenters. The normalized spacial score (nSPS) is 11.5. The zero-order valence-electron chi connectivity index (χ0n) is 10.1. The third-order valence-electron chi connectivity index (χ3n) is 2.66. The van der Waals surface area contributed by atoms with Crippen LogP contribution in [0.2, 0.25) is 10.0 Å². The lowest BCUT2D eigenvalue weighted by Gasteiger charge is -2.16. The van der Waals surface area contributed by atoms with Crippen LogP contribution < -0.4 is 0 Å². The van der Waals surface area contributed by atoms with Crippen molar-refractivity contribution in [3.05, 3.63) is 51.6 Å². The van der Waals surface area contributed by atoms with Gasteiger partial charge in [0.2, 0.25) is 0 Å². The molecule has 21 heavy (non-hydrogen) atoms. The Labute approximate surface area is 126 Å². The van der Waals surface area contributed by atoms with E-state index < -0.39 is 29.0 Å². The number of halogens is 5. The summed E-state index contributed by atoms with van der Waals surface area (Å²) in [6, 6.07) is 4.93. The Kier molecular flexibility index (Phi) is 4.11. The molecule has 0 saturated carbocycles. The first-order valence-electron chi connectivity index (χ1n) is 5.47. The number of hydrogen-bond donors (Lipinski definition) is 1. The summed E-state index contributed by atoms with van der Waals surface area (Å²) in [6.45, 7) is 0. The monoisotopic (exact) mass is 335 g/mol. The maximum Gasteiger partial charge on any atom is 0.419 e. The van der Waals surface area contributed by atoms with Gasteiger partial charge in [-0.05, 0) is 18.2 Å². The second kappa shape index (κ2) is 5.54. The molecule has 2 rings (SSSR count). The predicted octanol–water partition coefficient (Wildman–Crippen LogP) is 4.77. The largest absolute Gasteiger partial charge is 0.478 e. The van der Waals surface area contributed by atoms with Crippen molar-refractivity contribution in [1.82, 2.24) is 4.98 Å². The summed E-state index contributed by atoms with van der Waals surface area (Å²) in [5, 5.41) is 8.84. The molecule has 3 nitrogen and oxygen atoms in total. The van der Waals surface area contributed by atoms with E-state index >= 15 is 0 Å². The molecule has 0 fully saturated rings. The molecular weight excluding hydrogens is 330 g/mol. The van der Waals surface area contributed by atoms with Crippen LogP contribution in [0, 0.1) is 0 Å². The summed E-state index contributed by atoms with van der Waals surface area (Å²) in [6.07, 6.45) is -3.95. The Morgan fingerprint density at radius 2 is 1.71 bits per heavy atom. The summed E-state index contributed by atoms with van der Waals surface area (Å²) in [5.41, 5.74) is -3.06. The van der Waals surface area contributed by atoms with Crippen molar-refractivity contribution in [3.8, 4) is 11.3 Å². The van der Waals surface area contributed by atoms with E-state index in [0.29, 0.717) is 0 Å². The van der Waals surface area contributed by atoms with E-state index in [-0.39, 0.29) is 15.6 Å². The van der Waals surface area contributed by atoms with Crippen molar-refractivity contribution in [1.29, 1.82) is 0 Å². The van der Waals surface area contributed by atoms with Crippen molar-refractivity contribution in [2.24, 2.45) is 0 Å². The van der Waals surface area contributed by atoms with Gasteiger partial charge in [0.25, 0.3) is 0 Å². The van der Waals surface area contributed by atoms with E-state index in [4.69, 9.17) is 28.3 Å². The fraction of sp³-hybridized carbons (Fsp3) is 0.0769. The fourth-order valence-corrected chi connectivity index (χ4v) is 2.42. The molecule has 0 unspecified atom stereocenters. The SMILES string of the molecule is O=C(O)c1ccnc(-c2c(Cl)cccc2Cl)c1C(F)(F)F. The van der Waals surface area contributed by atoms with Crippen LogP contribution in [0.15, 0.2) is 30.5 Å². The van der Waals surface area contributed by atoms with Crippen LogP contribution >= 0.6 is 23.2 Å². The molecule has 0 amide bonds. The second-order valence-electron chi connectivity index (χ2n) is 3.98. The van der Waals surface area contributed by atoms with Gasteiger partial charge >= 0.3 is 12.1 Å². The van der Waals surface area contributed by atoms with Crippen LogP contribution in [0.25, 0.3) is 11.3 Å². The van der Waals surface area contributed by atoms with Gasteiger partial charge in [-0.2, -0.15) is 13.2 Å². The molecule has 0 bridgehead atoms. The van der Waals surface area contributed by atoms with Crippen molar-refractivity contribution in [3.63, 3.8) is 0 Å². The van der Waals surface area contributed by atoms with E-state index in [0.717, 1.165) is 12.3 Å². The predicted molar refractivity (Wildman–Crippen MR) is 71.7 cm³/mol. The lowest BCUT2D eigenvalue weighted by molar-refractivity contribution is -0.137. The zero-order valence-corrected chi connectivity index (χ0v) is 11.6. The number of carbonyl (C=O) groups is 1. The number of hydrogen-bond acceptors (Lipinski definition) is 2. The number of carboxylic acid groups (broad SMARTS) is 1. The lowest BCUT2D eigenvalue weighted by atomic mass is 10.0. The number of alkyl halides is 3. The minimum atomic E-state index is -4.92. The Morgan fingerprint density at radius 1 is 1.14 bits per heavy atom. The summed E-state index contributed by atoms with van der Waals surface area (Å²) in [7, 11) is 0. The summed E-state index contributed by atoms with van der Waals surface area (Å²) >= 11 is 11.8. The number of aromatic nitrogens is 1. The number of carboxylic acids is 1. The van der Waals surface area contributed by atoms with E-state index in [9.17, 15) is 18.0 Å². The standard InChI is InChI=1S/C13H6Cl2F3NO2/c14-7-2-1-3-8(15)9(7)11-10(13(16,17)18)6(12(20)21)4-5-19-11/h1-5H,(H,20,21).